The maximum Gasteiger partial charge on any atom is 0.410 e. The Morgan fingerprint density at radius 2 is 1.01 bits per heavy atom. The predicted molar refractivity (Wildman–Crippen MR) is 306 cm³/mol. The van der Waals surface area contributed by atoms with Gasteiger partial charge in [0.2, 0.25) is 5.91 Å². The largest absolute Gasteiger partial charge is 0.444 e. The van der Waals surface area contributed by atoms with Gasteiger partial charge in [-0.1, -0.05) is 7.43 Å². The monoisotopic (exact) mass is 1310 g/mol. The van der Waals surface area contributed by atoms with Gasteiger partial charge in [-0.25, -0.2) is 9.59 Å². The molecule has 1 N–H and O–H groups in total. The standard InChI is InChI=1S/C16H24BrN3O3.C13H18BrN3O2.C12H17BrN2O2.C6H12O4S.C5H10O2.CH4/c1-16(2,3)23-15(21)19-7-4-13-12(10-19)14(17)18-20(13)11-5-8-22-9-6-11;1-9(18)16-5-2-12-11(8-16)13(14)15-17(12)10-3-6-19-7-4-10;1-12(2,3)17-11(16)15-5-4-8-6-14-10(13)9(8)7-15;1-11(7,8)10-6-2-4-9-5-3-6;6-5-1-3-7-4-2-5;/h11H,4-10H2,1-3H3;10H,2-8H2,1H3;4-7H2,1-3H3;6H,2-5H2,1H3;5-6H,1-4H2;1H4. The summed E-state index contributed by atoms with van der Waals surface area (Å²) in [6, 6.07) is 0.842. The first-order valence-corrected chi connectivity index (χ1v) is 31.1. The number of aromatic nitrogens is 4. The van der Waals surface area contributed by atoms with Gasteiger partial charge < -0.3 is 48.2 Å². The van der Waals surface area contributed by atoms with E-state index in [1.165, 1.54) is 22.5 Å². The van der Waals surface area contributed by atoms with Gasteiger partial charge in [0.1, 0.15) is 25.0 Å². The normalized spacial score (nSPS) is 20.5. The van der Waals surface area contributed by atoms with Crippen molar-refractivity contribution in [3.63, 3.8) is 0 Å². The Bertz CT molecular complexity index is 2470. The number of amides is 3. The van der Waals surface area contributed by atoms with Crippen molar-refractivity contribution in [1.82, 2.24) is 34.3 Å². The second-order valence-corrected chi connectivity index (χ2v) is 26.0. The number of hydrogen-bond acceptors (Lipinski definition) is 16. The lowest BCUT2D eigenvalue weighted by Crippen LogP contribution is -2.41. The highest BCUT2D eigenvalue weighted by molar-refractivity contribution is 9.18. The minimum Gasteiger partial charge on any atom is -0.444 e. The highest BCUT2D eigenvalue weighted by atomic mass is 79.9. The van der Waals surface area contributed by atoms with E-state index in [2.05, 4.69) is 72.3 Å². The maximum atomic E-state index is 12.3. The second kappa shape index (κ2) is 30.3. The van der Waals surface area contributed by atoms with Crippen LogP contribution in [0.2, 0.25) is 0 Å². The lowest BCUT2D eigenvalue weighted by molar-refractivity contribution is -0.129. The zero-order valence-corrected chi connectivity index (χ0v) is 51.7. The molecule has 10 rings (SSSR count). The molecule has 25 heteroatoms. The van der Waals surface area contributed by atoms with Crippen molar-refractivity contribution in [3.05, 3.63) is 42.9 Å². The van der Waals surface area contributed by atoms with E-state index < -0.39 is 21.3 Å². The minimum absolute atomic E-state index is 0. The van der Waals surface area contributed by atoms with Crippen molar-refractivity contribution >= 4 is 80.6 Å². The highest BCUT2D eigenvalue weighted by Gasteiger charge is 2.34. The van der Waals surface area contributed by atoms with Gasteiger partial charge in [-0.15, -0.1) is 0 Å². The van der Waals surface area contributed by atoms with Crippen molar-refractivity contribution in [1.29, 1.82) is 0 Å². The maximum absolute atomic E-state index is 12.3. The van der Waals surface area contributed by atoms with Crippen LogP contribution in [0.15, 0.2) is 25.3 Å². The van der Waals surface area contributed by atoms with Gasteiger partial charge in [0.15, 0.2) is 0 Å². The molecule has 0 bridgehead atoms. The van der Waals surface area contributed by atoms with Crippen LogP contribution in [0.5, 0.6) is 0 Å². The Morgan fingerprint density at radius 1 is 0.615 bits per heavy atom. The summed E-state index contributed by atoms with van der Waals surface area (Å²) in [4.78, 5) is 45.4. The average molecular weight is 1310 g/mol. The molecule has 0 saturated carbocycles. The van der Waals surface area contributed by atoms with Crippen LogP contribution in [-0.2, 0) is 73.4 Å². The van der Waals surface area contributed by atoms with E-state index >= 15 is 0 Å². The smallest absolute Gasteiger partial charge is 0.410 e. The number of aliphatic imine (C=N–C) groups is 1. The molecular weight excluding hydrogens is 1230 g/mol. The summed E-state index contributed by atoms with van der Waals surface area (Å²) < 4.78 is 64.7. The van der Waals surface area contributed by atoms with Crippen LogP contribution >= 0.6 is 47.8 Å². The van der Waals surface area contributed by atoms with E-state index in [1.807, 2.05) is 46.4 Å². The molecule has 4 fully saturated rings. The van der Waals surface area contributed by atoms with Crippen molar-refractivity contribution in [2.45, 2.75) is 175 Å². The fourth-order valence-corrected chi connectivity index (χ4v) is 11.9. The molecule has 4 saturated heterocycles. The fraction of sp³-hybridized carbons (Fsp3) is 0.774. The molecule has 8 aliphatic rings. The summed E-state index contributed by atoms with van der Waals surface area (Å²) in [6.45, 7) is 23.6. The number of halogens is 3. The number of carbonyl (C=O) groups is 3. The van der Waals surface area contributed by atoms with E-state index in [-0.39, 0.29) is 37.7 Å². The lowest BCUT2D eigenvalue weighted by Gasteiger charge is -2.31. The van der Waals surface area contributed by atoms with E-state index in [0.717, 1.165) is 148 Å². The number of aliphatic hydroxyl groups excluding tert-OH is 1. The number of nitrogens with zero attached hydrogens (tertiary/aromatic N) is 8. The molecule has 442 valence electrons. The Hall–Kier alpha value is -3.01. The molecule has 0 atom stereocenters. The van der Waals surface area contributed by atoms with Crippen LogP contribution in [0, 0.1) is 0 Å². The summed E-state index contributed by atoms with van der Waals surface area (Å²) in [5.41, 5.74) is 6.40. The zero-order valence-electron chi connectivity index (χ0n) is 46.2. The number of fused-ring (bicyclic) bond motifs is 2. The third-order valence-corrected chi connectivity index (χ3v) is 16.3. The Labute approximate surface area is 487 Å². The third kappa shape index (κ3) is 20.5. The molecule has 21 nitrogen and oxygen atoms in total. The number of aliphatic hydroxyl groups is 1. The predicted octanol–water partition coefficient (Wildman–Crippen LogP) is 8.86. The summed E-state index contributed by atoms with van der Waals surface area (Å²) in [6.07, 6.45) is 9.95. The quantitative estimate of drug-likeness (QED) is 0.282. The molecule has 0 radical (unpaired) electrons. The SMILES string of the molecule is C.CC(=O)N1CCc2c(c(Br)nn2C2CCOCC2)C1.CC(C)(C)OC(=O)N1CCC2=C(C1)C(Br)=NC2.CC(C)(C)OC(=O)N1CCc2c(c(Br)nn2C2CCOCC2)C1.CS(=O)(=O)OC1CCOCC1.OC1CCOCC1. The molecule has 2 aromatic heterocycles. The van der Waals surface area contributed by atoms with Crippen LogP contribution < -0.4 is 0 Å². The van der Waals surface area contributed by atoms with Gasteiger partial charge in [-0.3, -0.25) is 23.3 Å². The van der Waals surface area contributed by atoms with Crippen molar-refractivity contribution < 1.29 is 60.5 Å². The Kier molecular flexibility index (Phi) is 25.6. The van der Waals surface area contributed by atoms with E-state index in [1.54, 1.807) is 16.7 Å². The molecule has 3 amide bonds. The summed E-state index contributed by atoms with van der Waals surface area (Å²) in [7, 11) is -3.28. The second-order valence-electron chi connectivity index (χ2n) is 22.1. The number of hydrogen-bond donors (Lipinski definition) is 1. The zero-order chi connectivity index (χ0) is 56.1. The molecular formula is C53H85Br3N8O13S. The van der Waals surface area contributed by atoms with Crippen LogP contribution in [0.3, 0.4) is 0 Å². The fourth-order valence-electron chi connectivity index (χ4n) is 9.66. The molecule has 8 aliphatic heterocycles. The van der Waals surface area contributed by atoms with E-state index in [4.69, 9.17) is 37.7 Å². The van der Waals surface area contributed by atoms with E-state index in [0.29, 0.717) is 64.3 Å². The highest BCUT2D eigenvalue weighted by Crippen LogP contribution is 2.34. The van der Waals surface area contributed by atoms with Crippen LogP contribution in [0.1, 0.15) is 148 Å². The Balaban J connectivity index is 0.000000187. The van der Waals surface area contributed by atoms with E-state index in [9.17, 15) is 22.8 Å². The molecule has 0 aliphatic carbocycles. The number of rotatable bonds is 4. The Morgan fingerprint density at radius 3 is 1.42 bits per heavy atom. The van der Waals surface area contributed by atoms with Crippen LogP contribution in [0.25, 0.3) is 0 Å². The van der Waals surface area contributed by atoms with Gasteiger partial charge in [0.05, 0.1) is 56.7 Å². The average Bonchev–Trinajstić information content (AvgIpc) is 4.09. The summed E-state index contributed by atoms with van der Waals surface area (Å²) >= 11 is 10.5. The summed E-state index contributed by atoms with van der Waals surface area (Å²) in [5, 5.41) is 18.2. The first-order valence-electron chi connectivity index (χ1n) is 26.9. The number of carbonyl (C=O) groups excluding carboxylic acids is 3. The first kappa shape index (κ1) is 65.8. The van der Waals surface area contributed by atoms with Gasteiger partial charge in [-0.2, -0.15) is 18.6 Å². The summed E-state index contributed by atoms with van der Waals surface area (Å²) in [5.74, 6) is 0.136. The minimum atomic E-state index is -3.28. The van der Waals surface area contributed by atoms with Crippen LogP contribution in [0.4, 0.5) is 9.59 Å². The molecule has 78 heavy (non-hydrogen) atoms. The molecule has 2 aromatic rings. The molecule has 10 heterocycles. The van der Waals surface area contributed by atoms with Gasteiger partial charge in [0.25, 0.3) is 10.1 Å². The van der Waals surface area contributed by atoms with Crippen LogP contribution in [-0.4, -0.2) is 186 Å². The molecule has 0 unspecified atom stereocenters. The van der Waals surface area contributed by atoms with Gasteiger partial charge in [-0.05, 0) is 153 Å². The van der Waals surface area contributed by atoms with Crippen molar-refractivity contribution in [2.75, 3.05) is 91.8 Å². The third-order valence-electron chi connectivity index (χ3n) is 13.7. The molecule has 0 spiro atoms. The first-order chi connectivity index (χ1) is 36.4. The van der Waals surface area contributed by atoms with Gasteiger partial charge >= 0.3 is 12.2 Å². The van der Waals surface area contributed by atoms with Crippen molar-refractivity contribution in [3.8, 4) is 0 Å². The lowest BCUT2D eigenvalue weighted by atomic mass is 10.0. The molecule has 0 aromatic carbocycles. The van der Waals surface area contributed by atoms with Crippen molar-refractivity contribution in [2.24, 2.45) is 4.99 Å². The van der Waals surface area contributed by atoms with Gasteiger partial charge in [0, 0.05) is 120 Å². The topological polar surface area (TPSA) is 228 Å². The number of ether oxygens (including phenoxy) is 6.